The predicted molar refractivity (Wildman–Crippen MR) is 176 cm³/mol. The van der Waals surface area contributed by atoms with Crippen molar-refractivity contribution in [2.75, 3.05) is 20.7 Å². The summed E-state index contributed by atoms with van der Waals surface area (Å²) in [5.41, 5.74) is -5.84. The standard InChI is InChI=1S/C38H39FN2O9/c1-35-15-13-24(42)19-23(35)7-11-29-28-14-16-37(34(47)48-18-17-40,36(28,2)21-31(44)38(29,35)39)50-33(46)22-5-8-25(9-6-22)49-26-10-12-30(43)27(20-26)32(45)41(3)4/h5-6,8-10,12-13,15,19-20,28-29,31,43-44H,7,11,14,16,18,21H2,1-4H3/t28-,29-,31-,35-,36-,37+,38?/m0/s1. The van der Waals surface area contributed by atoms with Crippen molar-refractivity contribution < 1.29 is 48.0 Å². The van der Waals surface area contributed by atoms with Gasteiger partial charge < -0.3 is 29.3 Å². The van der Waals surface area contributed by atoms with Crippen LogP contribution >= 0.6 is 0 Å². The van der Waals surface area contributed by atoms with E-state index in [0.29, 0.717) is 30.6 Å². The first-order valence-electron chi connectivity index (χ1n) is 16.5. The molecule has 1 unspecified atom stereocenters. The molecule has 262 valence electrons. The Morgan fingerprint density at radius 3 is 2.44 bits per heavy atom. The summed E-state index contributed by atoms with van der Waals surface area (Å²) in [6.07, 6.45) is 3.55. The van der Waals surface area contributed by atoms with Crippen LogP contribution in [0, 0.1) is 34.0 Å². The molecule has 4 aliphatic rings. The van der Waals surface area contributed by atoms with Crippen LogP contribution in [-0.2, 0) is 19.1 Å². The van der Waals surface area contributed by atoms with Crippen LogP contribution in [0.1, 0.15) is 66.7 Å². The third kappa shape index (κ3) is 5.18. The zero-order chi connectivity index (χ0) is 36.2. The van der Waals surface area contributed by atoms with Gasteiger partial charge in [-0.3, -0.25) is 9.59 Å². The maximum atomic E-state index is 17.6. The number of amides is 1. The average Bonchev–Trinajstić information content (AvgIpc) is 3.37. The third-order valence-electron chi connectivity index (χ3n) is 11.6. The molecule has 0 bridgehead atoms. The summed E-state index contributed by atoms with van der Waals surface area (Å²) in [5.74, 6) is -3.32. The lowest BCUT2D eigenvalue weighted by Crippen LogP contribution is -2.69. The minimum atomic E-state index is -2.15. The van der Waals surface area contributed by atoms with Crippen LogP contribution in [0.2, 0.25) is 0 Å². The molecular weight excluding hydrogens is 647 g/mol. The molecule has 4 aliphatic carbocycles. The van der Waals surface area contributed by atoms with Gasteiger partial charge in [0.25, 0.3) is 5.91 Å². The van der Waals surface area contributed by atoms with Crippen molar-refractivity contribution in [3.63, 3.8) is 0 Å². The Morgan fingerprint density at radius 2 is 1.76 bits per heavy atom. The maximum absolute atomic E-state index is 17.6. The fourth-order valence-corrected chi connectivity index (χ4v) is 8.96. The highest BCUT2D eigenvalue weighted by molar-refractivity contribution is 6.01. The summed E-state index contributed by atoms with van der Waals surface area (Å²) in [6.45, 7) is 2.82. The van der Waals surface area contributed by atoms with E-state index >= 15 is 4.39 Å². The monoisotopic (exact) mass is 686 g/mol. The molecule has 1 amide bonds. The molecule has 2 N–H and O–H groups in total. The number of phenols is 1. The van der Waals surface area contributed by atoms with E-state index in [1.807, 2.05) is 0 Å². The van der Waals surface area contributed by atoms with E-state index in [9.17, 15) is 34.7 Å². The van der Waals surface area contributed by atoms with Gasteiger partial charge in [-0.15, -0.1) is 0 Å². The summed E-state index contributed by atoms with van der Waals surface area (Å²) >= 11 is 0. The molecule has 0 spiro atoms. The van der Waals surface area contributed by atoms with Gasteiger partial charge in [0.2, 0.25) is 5.60 Å². The highest BCUT2D eigenvalue weighted by Crippen LogP contribution is 2.70. The number of nitriles is 1. The average molecular weight is 687 g/mol. The van der Waals surface area contributed by atoms with Gasteiger partial charge in [0.05, 0.1) is 17.2 Å². The van der Waals surface area contributed by atoms with E-state index in [0.717, 1.165) is 0 Å². The number of nitrogens with zero attached hydrogens (tertiary/aromatic N) is 2. The number of ketones is 1. The molecular formula is C38H39FN2O9. The molecule has 2 aromatic carbocycles. The summed E-state index contributed by atoms with van der Waals surface area (Å²) in [6, 6.07) is 11.8. The largest absolute Gasteiger partial charge is 0.507 e. The SMILES string of the molecule is CN(C)C(=O)c1cc(Oc2ccc(C(=O)O[C@@]3(C(=O)OCC#N)CC[C@H]4[C@@H]5CCC6=CC(=O)C=C[C@]6(C)C5(F)[C@@H](O)C[C@@]43C)cc2)ccc1O. The van der Waals surface area contributed by atoms with Crippen molar-refractivity contribution in [1.82, 2.24) is 4.90 Å². The van der Waals surface area contributed by atoms with Crippen LogP contribution in [0.15, 0.2) is 66.3 Å². The first-order valence-corrected chi connectivity index (χ1v) is 16.5. The smallest absolute Gasteiger partial charge is 0.352 e. The van der Waals surface area contributed by atoms with Crippen LogP contribution in [-0.4, -0.2) is 76.8 Å². The maximum Gasteiger partial charge on any atom is 0.352 e. The predicted octanol–water partition coefficient (Wildman–Crippen LogP) is 5.22. The number of aromatic hydroxyl groups is 1. The van der Waals surface area contributed by atoms with Gasteiger partial charge in [-0.1, -0.05) is 18.6 Å². The minimum absolute atomic E-state index is 0.00669. The molecule has 50 heavy (non-hydrogen) atoms. The fourth-order valence-electron chi connectivity index (χ4n) is 8.96. The Labute approximate surface area is 288 Å². The van der Waals surface area contributed by atoms with Crippen LogP contribution in [0.3, 0.4) is 0 Å². The zero-order valence-corrected chi connectivity index (χ0v) is 28.3. The molecule has 0 radical (unpaired) electrons. The molecule has 11 nitrogen and oxygen atoms in total. The van der Waals surface area contributed by atoms with Crippen LogP contribution in [0.5, 0.6) is 17.2 Å². The van der Waals surface area contributed by atoms with Crippen LogP contribution in [0.25, 0.3) is 0 Å². The topological polar surface area (TPSA) is 163 Å². The molecule has 2 aromatic rings. The van der Waals surface area contributed by atoms with Gasteiger partial charge in [-0.05, 0) is 99.6 Å². The number of halogens is 1. The van der Waals surface area contributed by atoms with E-state index < -0.39 is 64.5 Å². The minimum Gasteiger partial charge on any atom is -0.507 e. The highest BCUT2D eigenvalue weighted by atomic mass is 19.1. The van der Waals surface area contributed by atoms with Crippen molar-refractivity contribution in [3.05, 3.63) is 77.4 Å². The lowest BCUT2D eigenvalue weighted by molar-refractivity contribution is -0.224. The summed E-state index contributed by atoms with van der Waals surface area (Å²) < 4.78 is 34.9. The quantitative estimate of drug-likeness (QED) is 0.369. The first-order chi connectivity index (χ1) is 23.6. The number of phenolic OH excluding ortho intramolecular Hbond substituents is 1. The number of carbonyl (C=O) groups is 4. The number of carbonyl (C=O) groups excluding carboxylic acids is 4. The fraction of sp³-hybridized carbons (Fsp3) is 0.447. The van der Waals surface area contributed by atoms with Gasteiger partial charge in [0.1, 0.15) is 23.3 Å². The number of hydrogen-bond donors (Lipinski definition) is 2. The van der Waals surface area contributed by atoms with Crippen molar-refractivity contribution in [3.8, 4) is 23.3 Å². The summed E-state index contributed by atoms with van der Waals surface area (Å²) in [4.78, 5) is 53.6. The van der Waals surface area contributed by atoms with Crippen molar-refractivity contribution in [1.29, 1.82) is 5.26 Å². The number of allylic oxidation sites excluding steroid dienone is 4. The van der Waals surface area contributed by atoms with Crippen molar-refractivity contribution in [2.24, 2.45) is 22.7 Å². The van der Waals surface area contributed by atoms with E-state index in [4.69, 9.17) is 14.2 Å². The van der Waals surface area contributed by atoms with E-state index in [1.54, 1.807) is 40.1 Å². The number of benzene rings is 2. The molecule has 0 heterocycles. The Morgan fingerprint density at radius 1 is 1.06 bits per heavy atom. The normalized spacial score (nSPS) is 32.4. The van der Waals surface area contributed by atoms with Gasteiger partial charge in [0.15, 0.2) is 18.1 Å². The number of esters is 2. The summed E-state index contributed by atoms with van der Waals surface area (Å²) in [5, 5.41) is 31.0. The number of rotatable bonds is 7. The Kier molecular flexibility index (Phi) is 8.63. The lowest BCUT2D eigenvalue weighted by Gasteiger charge is -2.62. The van der Waals surface area contributed by atoms with Crippen molar-refractivity contribution >= 4 is 23.6 Å². The molecule has 12 heteroatoms. The van der Waals surface area contributed by atoms with Gasteiger partial charge in [0, 0.05) is 30.8 Å². The molecule has 0 aromatic heterocycles. The first kappa shape index (κ1) is 34.8. The lowest BCUT2D eigenvalue weighted by atomic mass is 9.45. The molecule has 3 fully saturated rings. The highest BCUT2D eigenvalue weighted by Gasteiger charge is 2.76. The number of fused-ring (bicyclic) bond motifs is 5. The van der Waals surface area contributed by atoms with Gasteiger partial charge in [-0.2, -0.15) is 5.26 Å². The Hall–Kier alpha value is -5.02. The Balaban J connectivity index is 1.28. The second-order valence-corrected chi connectivity index (χ2v) is 14.3. The molecule has 3 saturated carbocycles. The van der Waals surface area contributed by atoms with E-state index in [1.165, 1.54) is 59.5 Å². The molecule has 0 aliphatic heterocycles. The second kappa shape index (κ2) is 12.4. The third-order valence-corrected chi connectivity index (χ3v) is 11.6. The zero-order valence-electron chi connectivity index (χ0n) is 28.3. The van der Waals surface area contributed by atoms with Gasteiger partial charge >= 0.3 is 11.9 Å². The second-order valence-electron chi connectivity index (χ2n) is 14.3. The molecule has 7 atom stereocenters. The Bertz CT molecular complexity index is 1870. The van der Waals surface area contributed by atoms with Gasteiger partial charge in [-0.25, -0.2) is 14.0 Å². The molecule has 0 saturated heterocycles. The van der Waals surface area contributed by atoms with Crippen molar-refractivity contribution in [2.45, 2.75) is 63.3 Å². The number of aliphatic hydroxyl groups is 1. The summed E-state index contributed by atoms with van der Waals surface area (Å²) in [7, 11) is 3.11. The number of ether oxygens (including phenoxy) is 3. The molecule has 6 rings (SSSR count). The number of alkyl halides is 1. The van der Waals surface area contributed by atoms with E-state index in [-0.39, 0.29) is 41.3 Å². The van der Waals surface area contributed by atoms with E-state index in [2.05, 4.69) is 0 Å². The van der Waals surface area contributed by atoms with Crippen LogP contribution in [0.4, 0.5) is 4.39 Å². The van der Waals surface area contributed by atoms with Crippen LogP contribution < -0.4 is 4.74 Å². The number of aliphatic hydroxyl groups excluding tert-OH is 1. The number of hydrogen-bond acceptors (Lipinski definition) is 10.